The average Bonchev–Trinajstić information content (AvgIpc) is 2.44. The highest BCUT2D eigenvalue weighted by atomic mass is 35.5. The maximum absolute atomic E-state index is 11.6. The maximum Gasteiger partial charge on any atom is 0.309 e. The minimum atomic E-state index is -0.579. The summed E-state index contributed by atoms with van der Waals surface area (Å²) in [6.45, 7) is 4.56. The lowest BCUT2D eigenvalue weighted by Gasteiger charge is -2.14. The van der Waals surface area contributed by atoms with Gasteiger partial charge in [-0.25, -0.2) is 0 Å². The number of esters is 2. The van der Waals surface area contributed by atoms with Crippen LogP contribution < -0.4 is 0 Å². The van der Waals surface area contributed by atoms with E-state index in [0.29, 0.717) is 13.0 Å². The number of hydrogen-bond donors (Lipinski definition) is 0. The second kappa shape index (κ2) is 13.2. The summed E-state index contributed by atoms with van der Waals surface area (Å²) < 4.78 is 10.2. The van der Waals surface area contributed by atoms with E-state index in [4.69, 9.17) is 21.1 Å². The maximum atomic E-state index is 11.6. The first-order chi connectivity index (χ1) is 9.63. The van der Waals surface area contributed by atoms with Crippen molar-refractivity contribution in [2.75, 3.05) is 12.5 Å². The molecule has 1 atom stereocenters. The van der Waals surface area contributed by atoms with Crippen LogP contribution in [-0.4, -0.2) is 30.5 Å². The Bertz CT molecular complexity index is 269. The second-order valence-corrected chi connectivity index (χ2v) is 5.16. The lowest BCUT2D eigenvalue weighted by atomic mass is 10.2. The molecule has 0 aromatic rings. The van der Waals surface area contributed by atoms with Gasteiger partial charge in [-0.05, 0) is 12.8 Å². The van der Waals surface area contributed by atoms with Gasteiger partial charge in [0.05, 0.1) is 18.9 Å². The van der Waals surface area contributed by atoms with Crippen LogP contribution in [0.15, 0.2) is 0 Å². The molecule has 20 heavy (non-hydrogen) atoms. The third-order valence-electron chi connectivity index (χ3n) is 2.86. The molecule has 0 aliphatic heterocycles. The Morgan fingerprint density at radius 3 is 2.30 bits per heavy atom. The zero-order valence-electron chi connectivity index (χ0n) is 12.7. The molecular weight excluding hydrogens is 280 g/mol. The molecule has 0 N–H and O–H groups in total. The molecule has 0 aromatic carbocycles. The van der Waals surface area contributed by atoms with Crippen LogP contribution in [0.4, 0.5) is 0 Å². The zero-order valence-corrected chi connectivity index (χ0v) is 13.4. The van der Waals surface area contributed by atoms with E-state index in [9.17, 15) is 9.59 Å². The lowest BCUT2D eigenvalue weighted by Crippen LogP contribution is -2.24. The summed E-state index contributed by atoms with van der Waals surface area (Å²) >= 11 is 5.71. The van der Waals surface area contributed by atoms with Gasteiger partial charge in [0.15, 0.2) is 0 Å². The van der Waals surface area contributed by atoms with Crippen molar-refractivity contribution in [2.24, 2.45) is 0 Å². The van der Waals surface area contributed by atoms with Gasteiger partial charge in [0.25, 0.3) is 0 Å². The normalized spacial score (nSPS) is 11.9. The Hall–Kier alpha value is -0.770. The molecule has 0 saturated carbocycles. The third-order valence-corrected chi connectivity index (χ3v) is 3.20. The van der Waals surface area contributed by atoms with E-state index >= 15 is 0 Å². The van der Waals surface area contributed by atoms with Crippen LogP contribution in [0, 0.1) is 0 Å². The molecular formula is C15H27ClO4. The summed E-state index contributed by atoms with van der Waals surface area (Å²) in [7, 11) is 0. The van der Waals surface area contributed by atoms with Crippen LogP contribution >= 0.6 is 11.6 Å². The number of halogens is 1. The molecule has 5 heteroatoms. The topological polar surface area (TPSA) is 52.6 Å². The number of hydrogen-bond acceptors (Lipinski definition) is 4. The quantitative estimate of drug-likeness (QED) is 0.312. The van der Waals surface area contributed by atoms with Crippen molar-refractivity contribution in [3.05, 3.63) is 0 Å². The second-order valence-electron chi connectivity index (χ2n) is 4.85. The SMILES string of the molecule is CCCCCCOC(=O)CC(CCl)OC(=O)CCCC. The predicted octanol–water partition coefficient (Wildman–Crippen LogP) is 3.84. The van der Waals surface area contributed by atoms with Crippen LogP contribution in [0.3, 0.4) is 0 Å². The Labute approximate surface area is 127 Å². The number of alkyl halides is 1. The average molecular weight is 307 g/mol. The van der Waals surface area contributed by atoms with Crippen molar-refractivity contribution in [3.8, 4) is 0 Å². The lowest BCUT2D eigenvalue weighted by molar-refractivity contribution is -0.154. The summed E-state index contributed by atoms with van der Waals surface area (Å²) in [5.74, 6) is -0.535. The molecule has 0 aliphatic rings. The molecule has 0 rings (SSSR count). The van der Waals surface area contributed by atoms with E-state index in [1.54, 1.807) is 0 Å². The molecule has 0 aromatic heterocycles. The fraction of sp³-hybridized carbons (Fsp3) is 0.867. The van der Waals surface area contributed by atoms with Gasteiger partial charge in [-0.1, -0.05) is 39.5 Å². The fourth-order valence-electron chi connectivity index (χ4n) is 1.65. The molecule has 0 radical (unpaired) electrons. The van der Waals surface area contributed by atoms with Gasteiger partial charge in [0, 0.05) is 6.42 Å². The predicted molar refractivity (Wildman–Crippen MR) is 79.8 cm³/mol. The van der Waals surface area contributed by atoms with Crippen LogP contribution in [0.5, 0.6) is 0 Å². The zero-order chi connectivity index (χ0) is 15.2. The summed E-state index contributed by atoms with van der Waals surface area (Å²) in [4.78, 5) is 23.0. The third kappa shape index (κ3) is 11.1. The van der Waals surface area contributed by atoms with Crippen molar-refractivity contribution < 1.29 is 19.1 Å². The van der Waals surface area contributed by atoms with E-state index in [1.807, 2.05) is 6.92 Å². The molecule has 118 valence electrons. The van der Waals surface area contributed by atoms with Crippen molar-refractivity contribution in [2.45, 2.75) is 71.3 Å². The summed E-state index contributed by atoms with van der Waals surface area (Å²) in [6, 6.07) is 0. The molecule has 0 fully saturated rings. The largest absolute Gasteiger partial charge is 0.466 e. The van der Waals surface area contributed by atoms with Gasteiger partial charge < -0.3 is 9.47 Å². The Morgan fingerprint density at radius 2 is 1.70 bits per heavy atom. The standard InChI is InChI=1S/C15H27ClO4/c1-3-5-7-8-10-19-15(18)11-13(12-16)20-14(17)9-6-4-2/h13H,3-12H2,1-2H3. The highest BCUT2D eigenvalue weighted by molar-refractivity contribution is 6.18. The molecule has 0 saturated heterocycles. The van der Waals surface area contributed by atoms with Crippen LogP contribution in [-0.2, 0) is 19.1 Å². The highest BCUT2D eigenvalue weighted by Gasteiger charge is 2.18. The molecule has 1 unspecified atom stereocenters. The van der Waals surface area contributed by atoms with Gasteiger partial charge in [-0.2, -0.15) is 0 Å². The number of carbonyl (C=O) groups excluding carboxylic acids is 2. The van der Waals surface area contributed by atoms with Crippen molar-refractivity contribution in [1.82, 2.24) is 0 Å². The van der Waals surface area contributed by atoms with Gasteiger partial charge in [-0.3, -0.25) is 9.59 Å². The van der Waals surface area contributed by atoms with E-state index in [1.165, 1.54) is 0 Å². The van der Waals surface area contributed by atoms with Crippen LogP contribution in [0.25, 0.3) is 0 Å². The monoisotopic (exact) mass is 306 g/mol. The smallest absolute Gasteiger partial charge is 0.309 e. The summed E-state index contributed by atoms with van der Waals surface area (Å²) in [5, 5.41) is 0. The van der Waals surface area contributed by atoms with E-state index < -0.39 is 6.10 Å². The molecule has 0 amide bonds. The Balaban J connectivity index is 3.79. The summed E-state index contributed by atoms with van der Waals surface area (Å²) in [6.07, 6.45) is 5.79. The Kier molecular flexibility index (Phi) is 12.7. The number of rotatable bonds is 12. The molecule has 0 bridgehead atoms. The van der Waals surface area contributed by atoms with Gasteiger partial charge in [0.1, 0.15) is 6.10 Å². The number of carbonyl (C=O) groups is 2. The van der Waals surface area contributed by atoms with Gasteiger partial charge in [0.2, 0.25) is 0 Å². The molecule has 0 aliphatic carbocycles. The van der Waals surface area contributed by atoms with Crippen LogP contribution in [0.2, 0.25) is 0 Å². The van der Waals surface area contributed by atoms with E-state index in [0.717, 1.165) is 38.5 Å². The first-order valence-corrected chi connectivity index (χ1v) is 8.08. The van der Waals surface area contributed by atoms with E-state index in [2.05, 4.69) is 6.92 Å². The van der Waals surface area contributed by atoms with Crippen molar-refractivity contribution >= 4 is 23.5 Å². The molecule has 4 nitrogen and oxygen atoms in total. The highest BCUT2D eigenvalue weighted by Crippen LogP contribution is 2.07. The van der Waals surface area contributed by atoms with E-state index in [-0.39, 0.29) is 24.2 Å². The molecule has 0 spiro atoms. The fourth-order valence-corrected chi connectivity index (χ4v) is 1.83. The number of ether oxygens (including phenoxy) is 2. The van der Waals surface area contributed by atoms with Gasteiger partial charge in [-0.15, -0.1) is 11.6 Å². The number of unbranched alkanes of at least 4 members (excludes halogenated alkanes) is 4. The van der Waals surface area contributed by atoms with Crippen molar-refractivity contribution in [3.63, 3.8) is 0 Å². The Morgan fingerprint density at radius 1 is 1.00 bits per heavy atom. The minimum Gasteiger partial charge on any atom is -0.466 e. The molecule has 0 heterocycles. The minimum absolute atomic E-state index is 0.0368. The van der Waals surface area contributed by atoms with Crippen LogP contribution in [0.1, 0.15) is 65.2 Å². The first-order valence-electron chi connectivity index (χ1n) is 7.55. The first kappa shape index (κ1) is 19.2. The van der Waals surface area contributed by atoms with Crippen molar-refractivity contribution in [1.29, 1.82) is 0 Å². The summed E-state index contributed by atoms with van der Waals surface area (Å²) in [5.41, 5.74) is 0. The van der Waals surface area contributed by atoms with Gasteiger partial charge >= 0.3 is 11.9 Å².